The first kappa shape index (κ1) is 32.0. The standard InChI is InChI=1S/C31H38ClN3O5S/c1-7-28(30(37)33-31(3,4)5)34(20-23-12-9-8-11-22(23)2)29(36)21-35(25-14-10-13-24(32)19-25)41(38,39)27-17-15-26(40-6)16-18-27/h8-19,28H,7,20-21H2,1-6H3,(H,33,37). The van der Waals surface area contributed by atoms with E-state index in [4.69, 9.17) is 16.3 Å². The summed E-state index contributed by atoms with van der Waals surface area (Å²) >= 11 is 6.24. The predicted molar refractivity (Wildman–Crippen MR) is 163 cm³/mol. The number of aryl methyl sites for hydroxylation is 1. The van der Waals surface area contributed by atoms with Gasteiger partial charge in [0.2, 0.25) is 11.8 Å². The number of rotatable bonds is 11. The van der Waals surface area contributed by atoms with E-state index < -0.39 is 34.1 Å². The van der Waals surface area contributed by atoms with Gasteiger partial charge in [-0.2, -0.15) is 0 Å². The molecule has 1 atom stereocenters. The molecule has 0 aliphatic carbocycles. The second kappa shape index (κ2) is 13.4. The van der Waals surface area contributed by atoms with Gasteiger partial charge in [-0.3, -0.25) is 13.9 Å². The molecule has 0 saturated carbocycles. The maximum Gasteiger partial charge on any atom is 0.264 e. The summed E-state index contributed by atoms with van der Waals surface area (Å²) in [5, 5.41) is 3.29. The fourth-order valence-corrected chi connectivity index (χ4v) is 5.97. The van der Waals surface area contributed by atoms with Gasteiger partial charge in [0.1, 0.15) is 18.3 Å². The minimum absolute atomic E-state index is 0.0194. The number of nitrogens with zero attached hydrogens (tertiary/aromatic N) is 2. The van der Waals surface area contributed by atoms with Crippen LogP contribution < -0.4 is 14.4 Å². The summed E-state index contributed by atoms with van der Waals surface area (Å²) in [5.74, 6) is -0.343. The molecular weight excluding hydrogens is 562 g/mol. The van der Waals surface area contributed by atoms with E-state index in [0.717, 1.165) is 15.4 Å². The largest absolute Gasteiger partial charge is 0.497 e. The number of anilines is 1. The average molecular weight is 600 g/mol. The number of benzene rings is 3. The number of hydrogen-bond donors (Lipinski definition) is 1. The Morgan fingerprint density at radius 2 is 1.66 bits per heavy atom. The molecule has 41 heavy (non-hydrogen) atoms. The minimum Gasteiger partial charge on any atom is -0.497 e. The molecule has 0 aliphatic rings. The summed E-state index contributed by atoms with van der Waals surface area (Å²) in [5.41, 5.74) is 1.51. The maximum absolute atomic E-state index is 14.2. The van der Waals surface area contributed by atoms with Crippen LogP contribution in [0.15, 0.2) is 77.7 Å². The summed E-state index contributed by atoms with van der Waals surface area (Å²) in [6.07, 6.45) is 0.335. The van der Waals surface area contributed by atoms with Crippen LogP contribution in [0.5, 0.6) is 5.75 Å². The molecule has 10 heteroatoms. The Morgan fingerprint density at radius 3 is 2.22 bits per heavy atom. The van der Waals surface area contributed by atoms with Crippen LogP contribution in [-0.2, 0) is 26.2 Å². The number of nitrogens with one attached hydrogen (secondary N) is 1. The summed E-state index contributed by atoms with van der Waals surface area (Å²) in [4.78, 5) is 29.0. The van der Waals surface area contributed by atoms with Crippen LogP contribution in [0.2, 0.25) is 5.02 Å². The zero-order chi connectivity index (χ0) is 30.4. The number of carbonyl (C=O) groups excluding carboxylic acids is 2. The van der Waals surface area contributed by atoms with Gasteiger partial charge in [-0.05, 0) is 87.7 Å². The lowest BCUT2D eigenvalue weighted by molar-refractivity contribution is -0.141. The van der Waals surface area contributed by atoms with Crippen LogP contribution in [0.3, 0.4) is 0 Å². The van der Waals surface area contributed by atoms with Crippen LogP contribution >= 0.6 is 11.6 Å². The SMILES string of the molecule is CCC(C(=O)NC(C)(C)C)N(Cc1ccccc1C)C(=O)CN(c1cccc(Cl)c1)S(=O)(=O)c1ccc(OC)cc1. The second-order valence-electron chi connectivity index (χ2n) is 10.8. The van der Waals surface area contributed by atoms with Crippen molar-refractivity contribution in [3.63, 3.8) is 0 Å². The Bertz CT molecular complexity index is 1470. The monoisotopic (exact) mass is 599 g/mol. The minimum atomic E-state index is -4.22. The highest BCUT2D eigenvalue weighted by Crippen LogP contribution is 2.28. The Kier molecular flexibility index (Phi) is 10.4. The van der Waals surface area contributed by atoms with Crippen molar-refractivity contribution in [1.82, 2.24) is 10.2 Å². The highest BCUT2D eigenvalue weighted by molar-refractivity contribution is 7.92. The van der Waals surface area contributed by atoms with Crippen LogP contribution in [0, 0.1) is 6.92 Å². The van der Waals surface area contributed by atoms with Crippen molar-refractivity contribution in [2.24, 2.45) is 0 Å². The molecule has 1 N–H and O–H groups in total. The van der Waals surface area contributed by atoms with Gasteiger partial charge in [0.05, 0.1) is 17.7 Å². The molecule has 0 fully saturated rings. The molecule has 3 rings (SSSR count). The zero-order valence-electron chi connectivity index (χ0n) is 24.3. The lowest BCUT2D eigenvalue weighted by Gasteiger charge is -2.35. The van der Waals surface area contributed by atoms with Gasteiger partial charge in [-0.1, -0.05) is 48.9 Å². The third-order valence-corrected chi connectivity index (χ3v) is 8.53. The van der Waals surface area contributed by atoms with Crippen molar-refractivity contribution in [2.75, 3.05) is 18.0 Å². The Labute approximate surface area is 248 Å². The lowest BCUT2D eigenvalue weighted by Crippen LogP contribution is -2.55. The van der Waals surface area contributed by atoms with Crippen LogP contribution in [0.1, 0.15) is 45.2 Å². The van der Waals surface area contributed by atoms with E-state index in [2.05, 4.69) is 5.32 Å². The van der Waals surface area contributed by atoms with Crippen molar-refractivity contribution >= 4 is 39.1 Å². The van der Waals surface area contributed by atoms with Gasteiger partial charge in [0, 0.05) is 17.1 Å². The first-order valence-corrected chi connectivity index (χ1v) is 15.2. The van der Waals surface area contributed by atoms with E-state index in [1.807, 2.05) is 58.9 Å². The third-order valence-electron chi connectivity index (χ3n) is 6.51. The van der Waals surface area contributed by atoms with E-state index in [-0.39, 0.29) is 23.0 Å². The molecule has 0 aromatic heterocycles. The van der Waals surface area contributed by atoms with E-state index >= 15 is 0 Å². The summed E-state index contributed by atoms with van der Waals surface area (Å²) in [7, 11) is -2.73. The van der Waals surface area contributed by atoms with Crippen LogP contribution in [0.25, 0.3) is 0 Å². The molecule has 0 saturated heterocycles. The van der Waals surface area contributed by atoms with E-state index in [9.17, 15) is 18.0 Å². The number of carbonyl (C=O) groups is 2. The zero-order valence-corrected chi connectivity index (χ0v) is 25.9. The molecule has 1 unspecified atom stereocenters. The number of methoxy groups -OCH3 is 1. The molecule has 0 radical (unpaired) electrons. The Morgan fingerprint density at radius 1 is 1.00 bits per heavy atom. The topological polar surface area (TPSA) is 96.0 Å². The fourth-order valence-electron chi connectivity index (χ4n) is 4.38. The smallest absolute Gasteiger partial charge is 0.264 e. The van der Waals surface area contributed by atoms with Gasteiger partial charge in [-0.15, -0.1) is 0 Å². The van der Waals surface area contributed by atoms with Crippen molar-refractivity contribution in [2.45, 2.75) is 64.1 Å². The van der Waals surface area contributed by atoms with E-state index in [1.54, 1.807) is 30.3 Å². The second-order valence-corrected chi connectivity index (χ2v) is 13.1. The molecule has 0 spiro atoms. The Balaban J connectivity index is 2.09. The van der Waals surface area contributed by atoms with Crippen molar-refractivity contribution in [3.8, 4) is 5.75 Å². The van der Waals surface area contributed by atoms with Gasteiger partial charge in [-0.25, -0.2) is 8.42 Å². The number of amides is 2. The number of sulfonamides is 1. The Hall–Kier alpha value is -3.56. The lowest BCUT2D eigenvalue weighted by atomic mass is 10.0. The predicted octanol–water partition coefficient (Wildman–Crippen LogP) is 5.57. The number of ether oxygens (including phenoxy) is 1. The quantitative estimate of drug-likeness (QED) is 0.311. The van der Waals surface area contributed by atoms with Gasteiger partial charge < -0.3 is 15.0 Å². The molecule has 3 aromatic rings. The molecular formula is C31H38ClN3O5S. The highest BCUT2D eigenvalue weighted by atomic mass is 35.5. The molecule has 0 heterocycles. The van der Waals surface area contributed by atoms with Crippen LogP contribution in [0.4, 0.5) is 5.69 Å². The highest BCUT2D eigenvalue weighted by Gasteiger charge is 2.34. The third kappa shape index (κ3) is 8.24. The summed E-state index contributed by atoms with van der Waals surface area (Å²) in [6, 6.07) is 19.0. The number of halogens is 1. The maximum atomic E-state index is 14.2. The first-order chi connectivity index (χ1) is 19.3. The van der Waals surface area contributed by atoms with Gasteiger partial charge in [0.25, 0.3) is 10.0 Å². The molecule has 3 aromatic carbocycles. The molecule has 0 aliphatic heterocycles. The van der Waals surface area contributed by atoms with Crippen LogP contribution in [-0.4, -0.2) is 50.4 Å². The van der Waals surface area contributed by atoms with Gasteiger partial charge >= 0.3 is 0 Å². The number of hydrogen-bond acceptors (Lipinski definition) is 5. The normalized spacial score (nSPS) is 12.4. The molecule has 8 nitrogen and oxygen atoms in total. The molecule has 0 bridgehead atoms. The first-order valence-electron chi connectivity index (χ1n) is 13.3. The van der Waals surface area contributed by atoms with E-state index in [0.29, 0.717) is 17.2 Å². The summed E-state index contributed by atoms with van der Waals surface area (Å²) in [6.45, 7) is 8.95. The van der Waals surface area contributed by atoms with Crippen molar-refractivity contribution in [1.29, 1.82) is 0 Å². The van der Waals surface area contributed by atoms with Crippen molar-refractivity contribution < 1.29 is 22.7 Å². The van der Waals surface area contributed by atoms with Crippen molar-refractivity contribution in [3.05, 3.63) is 88.9 Å². The fraction of sp³-hybridized carbons (Fsp3) is 0.355. The van der Waals surface area contributed by atoms with E-state index in [1.165, 1.54) is 30.2 Å². The molecule has 2 amide bonds. The average Bonchev–Trinajstić information content (AvgIpc) is 2.91. The summed E-state index contributed by atoms with van der Waals surface area (Å²) < 4.78 is 34.1. The van der Waals surface area contributed by atoms with Gasteiger partial charge in [0.15, 0.2) is 0 Å². The molecule has 220 valence electrons.